The van der Waals surface area contributed by atoms with Crippen molar-refractivity contribution in [2.45, 2.75) is 0 Å². The second-order valence-corrected chi connectivity index (χ2v) is 8.68. The van der Waals surface area contributed by atoms with E-state index in [1.54, 1.807) is 48.0 Å². The van der Waals surface area contributed by atoms with Crippen molar-refractivity contribution >= 4 is 23.1 Å². The molecule has 0 spiro atoms. The van der Waals surface area contributed by atoms with Crippen LogP contribution in [-0.2, 0) is 0 Å². The number of amides is 2. The van der Waals surface area contributed by atoms with Crippen molar-refractivity contribution in [3.8, 4) is 22.8 Å². The summed E-state index contributed by atoms with van der Waals surface area (Å²) in [4.78, 5) is 38.2. The SMILES string of the molecule is COc1ccc(-c2ccnc3cc(C(=O)Nc4ccc(C(=O)N5CCN(C)CC5)nc4)nn23)cc1OC. The van der Waals surface area contributed by atoms with Gasteiger partial charge in [-0.15, -0.1) is 0 Å². The first kappa shape index (κ1) is 24.2. The molecule has 0 saturated carbocycles. The molecule has 11 heteroatoms. The van der Waals surface area contributed by atoms with Crippen LogP contribution in [0, 0.1) is 0 Å². The molecule has 2 amide bonds. The van der Waals surface area contributed by atoms with E-state index in [1.165, 1.54) is 6.20 Å². The van der Waals surface area contributed by atoms with E-state index in [-0.39, 0.29) is 11.6 Å². The lowest BCUT2D eigenvalue weighted by atomic mass is 10.1. The van der Waals surface area contributed by atoms with E-state index in [2.05, 4.69) is 25.3 Å². The molecule has 190 valence electrons. The number of carbonyl (C=O) groups is 2. The van der Waals surface area contributed by atoms with Crippen LogP contribution in [0.5, 0.6) is 11.5 Å². The zero-order valence-corrected chi connectivity index (χ0v) is 20.8. The van der Waals surface area contributed by atoms with Crippen molar-refractivity contribution < 1.29 is 19.1 Å². The first-order valence-electron chi connectivity index (χ1n) is 11.8. The van der Waals surface area contributed by atoms with Crippen LogP contribution in [0.1, 0.15) is 21.0 Å². The summed E-state index contributed by atoms with van der Waals surface area (Å²) in [5.74, 6) is 0.669. The van der Waals surface area contributed by atoms with E-state index >= 15 is 0 Å². The predicted octanol–water partition coefficient (Wildman–Crippen LogP) is 2.45. The van der Waals surface area contributed by atoms with Gasteiger partial charge in [-0.25, -0.2) is 14.5 Å². The number of piperazine rings is 1. The van der Waals surface area contributed by atoms with E-state index < -0.39 is 5.91 Å². The third-order valence-electron chi connectivity index (χ3n) is 6.30. The van der Waals surface area contributed by atoms with Crippen LogP contribution in [-0.4, -0.2) is 88.6 Å². The molecule has 4 aromatic rings. The zero-order valence-electron chi connectivity index (χ0n) is 20.8. The van der Waals surface area contributed by atoms with Crippen molar-refractivity contribution in [2.24, 2.45) is 0 Å². The molecule has 4 heterocycles. The van der Waals surface area contributed by atoms with E-state index in [1.807, 2.05) is 31.3 Å². The van der Waals surface area contributed by atoms with Crippen molar-refractivity contribution in [1.29, 1.82) is 0 Å². The lowest BCUT2D eigenvalue weighted by Crippen LogP contribution is -2.47. The molecule has 0 atom stereocenters. The number of nitrogens with zero attached hydrogens (tertiary/aromatic N) is 6. The monoisotopic (exact) mass is 501 g/mol. The van der Waals surface area contributed by atoms with E-state index in [4.69, 9.17) is 9.47 Å². The molecule has 0 radical (unpaired) electrons. The van der Waals surface area contributed by atoms with Crippen LogP contribution >= 0.6 is 0 Å². The minimum atomic E-state index is -0.413. The number of methoxy groups -OCH3 is 2. The fourth-order valence-corrected chi connectivity index (χ4v) is 4.18. The van der Waals surface area contributed by atoms with E-state index in [0.29, 0.717) is 41.6 Å². The molecule has 5 rings (SSSR count). The average Bonchev–Trinajstić information content (AvgIpc) is 3.38. The van der Waals surface area contributed by atoms with Crippen molar-refractivity contribution in [2.75, 3.05) is 52.8 Å². The number of ether oxygens (including phenoxy) is 2. The molecule has 1 saturated heterocycles. The Kier molecular flexibility index (Phi) is 6.69. The number of benzene rings is 1. The number of anilines is 1. The maximum atomic E-state index is 13.0. The summed E-state index contributed by atoms with van der Waals surface area (Å²) in [6.07, 6.45) is 3.13. The predicted molar refractivity (Wildman–Crippen MR) is 137 cm³/mol. The van der Waals surface area contributed by atoms with Gasteiger partial charge in [-0.1, -0.05) is 0 Å². The van der Waals surface area contributed by atoms with Gasteiger partial charge in [0.1, 0.15) is 5.69 Å². The minimum absolute atomic E-state index is 0.111. The Morgan fingerprint density at radius 3 is 2.38 bits per heavy atom. The molecule has 11 nitrogen and oxygen atoms in total. The molecule has 37 heavy (non-hydrogen) atoms. The summed E-state index contributed by atoms with van der Waals surface area (Å²) >= 11 is 0. The van der Waals surface area contributed by atoms with Gasteiger partial charge < -0.3 is 24.6 Å². The Hall–Kier alpha value is -4.51. The van der Waals surface area contributed by atoms with Crippen LogP contribution in [0.2, 0.25) is 0 Å². The molecular formula is C26H27N7O4. The van der Waals surface area contributed by atoms with Crippen LogP contribution in [0.3, 0.4) is 0 Å². The Labute approximate surface area is 213 Å². The number of aromatic nitrogens is 4. The number of hydrogen-bond acceptors (Lipinski definition) is 8. The molecule has 0 unspecified atom stereocenters. The maximum absolute atomic E-state index is 13.0. The zero-order chi connectivity index (χ0) is 25.9. The van der Waals surface area contributed by atoms with E-state index in [9.17, 15) is 9.59 Å². The summed E-state index contributed by atoms with van der Waals surface area (Å²) in [6.45, 7) is 3.01. The normalized spacial score (nSPS) is 14.0. The molecule has 1 fully saturated rings. The number of likely N-dealkylation sites (N-methyl/N-ethyl adjacent to an activating group) is 1. The van der Waals surface area contributed by atoms with Crippen LogP contribution < -0.4 is 14.8 Å². The standard InChI is InChI=1S/C26H27N7O4/c1-31-10-12-32(13-11-31)26(35)19-6-5-18(16-28-19)29-25(34)20-15-24-27-9-8-21(33(24)30-20)17-4-7-22(36-2)23(14-17)37-3/h4-9,14-16H,10-13H2,1-3H3,(H,29,34). The van der Waals surface area contributed by atoms with Gasteiger partial charge in [0.05, 0.1) is 31.8 Å². The first-order chi connectivity index (χ1) is 18.0. The Morgan fingerprint density at radius 1 is 0.892 bits per heavy atom. The number of rotatable bonds is 6. The molecule has 0 aliphatic carbocycles. The topological polar surface area (TPSA) is 114 Å². The number of hydrogen-bond donors (Lipinski definition) is 1. The maximum Gasteiger partial charge on any atom is 0.276 e. The number of carbonyl (C=O) groups excluding carboxylic acids is 2. The van der Waals surface area contributed by atoms with Gasteiger partial charge in [0.15, 0.2) is 22.8 Å². The molecule has 1 aromatic carbocycles. The first-order valence-corrected chi connectivity index (χ1v) is 11.8. The Bertz CT molecular complexity index is 1440. The van der Waals surface area contributed by atoms with Crippen LogP contribution in [0.4, 0.5) is 5.69 Å². The summed E-state index contributed by atoms with van der Waals surface area (Å²) in [7, 11) is 5.19. The number of fused-ring (bicyclic) bond motifs is 1. The lowest BCUT2D eigenvalue weighted by molar-refractivity contribution is 0.0658. The summed E-state index contributed by atoms with van der Waals surface area (Å²) in [6, 6.07) is 12.2. The van der Waals surface area contributed by atoms with Gasteiger partial charge >= 0.3 is 0 Å². The van der Waals surface area contributed by atoms with Crippen molar-refractivity contribution in [1.82, 2.24) is 29.4 Å². The fourth-order valence-electron chi connectivity index (χ4n) is 4.18. The summed E-state index contributed by atoms with van der Waals surface area (Å²) in [5.41, 5.74) is 3.08. The summed E-state index contributed by atoms with van der Waals surface area (Å²) < 4.78 is 12.3. The van der Waals surface area contributed by atoms with Crippen LogP contribution in [0.15, 0.2) is 54.9 Å². The number of nitrogens with one attached hydrogen (secondary N) is 1. The molecular weight excluding hydrogens is 474 g/mol. The molecule has 1 aliphatic rings. The van der Waals surface area contributed by atoms with Gasteiger partial charge in [0, 0.05) is 44.0 Å². The van der Waals surface area contributed by atoms with Gasteiger partial charge in [-0.05, 0) is 43.4 Å². The van der Waals surface area contributed by atoms with Gasteiger partial charge in [-0.3, -0.25) is 9.59 Å². The molecule has 1 N–H and O–H groups in total. The second-order valence-electron chi connectivity index (χ2n) is 8.68. The van der Waals surface area contributed by atoms with Crippen molar-refractivity contribution in [3.05, 3.63) is 66.2 Å². The van der Waals surface area contributed by atoms with Gasteiger partial charge in [0.25, 0.3) is 11.8 Å². The Morgan fingerprint density at radius 2 is 1.68 bits per heavy atom. The molecule has 1 aliphatic heterocycles. The average molecular weight is 502 g/mol. The highest BCUT2D eigenvalue weighted by Gasteiger charge is 2.21. The Balaban J connectivity index is 1.33. The highest BCUT2D eigenvalue weighted by molar-refractivity contribution is 6.03. The highest BCUT2D eigenvalue weighted by Crippen LogP contribution is 2.32. The molecule has 3 aromatic heterocycles. The molecule has 0 bridgehead atoms. The largest absolute Gasteiger partial charge is 0.493 e. The van der Waals surface area contributed by atoms with E-state index in [0.717, 1.165) is 24.3 Å². The van der Waals surface area contributed by atoms with Gasteiger partial charge in [0.2, 0.25) is 0 Å². The third-order valence-corrected chi connectivity index (χ3v) is 6.30. The lowest BCUT2D eigenvalue weighted by Gasteiger charge is -2.32. The number of pyridine rings is 1. The minimum Gasteiger partial charge on any atom is -0.493 e. The smallest absolute Gasteiger partial charge is 0.276 e. The third kappa shape index (κ3) is 4.94. The van der Waals surface area contributed by atoms with Crippen LogP contribution in [0.25, 0.3) is 16.9 Å². The summed E-state index contributed by atoms with van der Waals surface area (Å²) in [5, 5.41) is 7.27. The quantitative estimate of drug-likeness (QED) is 0.429. The fraction of sp³-hybridized carbons (Fsp3) is 0.269. The second kappa shape index (κ2) is 10.2. The van der Waals surface area contributed by atoms with Gasteiger partial charge in [-0.2, -0.15) is 5.10 Å². The van der Waals surface area contributed by atoms with Crippen molar-refractivity contribution in [3.63, 3.8) is 0 Å². The highest BCUT2D eigenvalue weighted by atomic mass is 16.5.